The van der Waals surface area contributed by atoms with Gasteiger partial charge in [0.25, 0.3) is 0 Å². The Morgan fingerprint density at radius 2 is 2.25 bits per heavy atom. The predicted molar refractivity (Wildman–Crippen MR) is 92.4 cm³/mol. The van der Waals surface area contributed by atoms with Crippen LogP contribution in [0.3, 0.4) is 0 Å². The van der Waals surface area contributed by atoms with Crippen molar-refractivity contribution >= 4 is 28.4 Å². The largest absolute Gasteiger partial charge is 0.379 e. The highest BCUT2D eigenvalue weighted by molar-refractivity contribution is 6.31. The summed E-state index contributed by atoms with van der Waals surface area (Å²) in [5.74, 6) is 0.226. The zero-order chi connectivity index (χ0) is 16.5. The van der Waals surface area contributed by atoms with Crippen LogP contribution in [0, 0.1) is 0 Å². The first-order valence-electron chi connectivity index (χ1n) is 8.47. The van der Waals surface area contributed by atoms with Crippen LogP contribution in [0.15, 0.2) is 24.4 Å². The molecule has 4 rings (SSSR count). The van der Waals surface area contributed by atoms with E-state index in [1.165, 1.54) is 5.56 Å². The quantitative estimate of drug-likeness (QED) is 0.896. The third kappa shape index (κ3) is 3.16. The molecule has 0 bridgehead atoms. The molecule has 0 aliphatic carbocycles. The summed E-state index contributed by atoms with van der Waals surface area (Å²) in [6.07, 6.45) is 4.36. The number of benzene rings is 1. The molecule has 6 heteroatoms. The second-order valence-electron chi connectivity index (χ2n) is 6.61. The van der Waals surface area contributed by atoms with Gasteiger partial charge in [-0.2, -0.15) is 0 Å². The summed E-state index contributed by atoms with van der Waals surface area (Å²) in [6, 6.07) is 5.87. The number of carbonyl (C=O) groups excluding carboxylic acids is 1. The molecule has 0 spiro atoms. The van der Waals surface area contributed by atoms with Crippen LogP contribution in [-0.2, 0) is 14.3 Å². The highest BCUT2D eigenvalue weighted by Gasteiger charge is 2.30. The lowest BCUT2D eigenvalue weighted by molar-refractivity contribution is -0.131. The third-order valence-corrected chi connectivity index (χ3v) is 5.13. The number of halogens is 1. The average molecular weight is 349 g/mol. The number of ether oxygens (including phenoxy) is 2. The molecule has 5 nitrogen and oxygen atoms in total. The summed E-state index contributed by atoms with van der Waals surface area (Å²) in [4.78, 5) is 15.5. The minimum atomic E-state index is -0.294. The Kier molecular flexibility index (Phi) is 4.48. The molecule has 2 N–H and O–H groups in total. The van der Waals surface area contributed by atoms with Gasteiger partial charge in [0.15, 0.2) is 0 Å². The highest BCUT2D eigenvalue weighted by atomic mass is 35.5. The average Bonchev–Trinajstić information content (AvgIpc) is 3.24. The van der Waals surface area contributed by atoms with Crippen LogP contribution in [-0.4, -0.2) is 42.9 Å². The van der Waals surface area contributed by atoms with Gasteiger partial charge in [-0.1, -0.05) is 11.6 Å². The monoisotopic (exact) mass is 348 g/mol. The Bertz CT molecular complexity index is 739. The lowest BCUT2D eigenvalue weighted by Gasteiger charge is -2.30. The zero-order valence-electron chi connectivity index (χ0n) is 13.4. The molecular weight excluding hydrogens is 328 g/mol. The van der Waals surface area contributed by atoms with Gasteiger partial charge in [0.2, 0.25) is 5.91 Å². The summed E-state index contributed by atoms with van der Waals surface area (Å²) in [5, 5.41) is 4.94. The lowest BCUT2D eigenvalue weighted by Crippen LogP contribution is -2.46. The smallest absolute Gasteiger partial charge is 0.249 e. The lowest BCUT2D eigenvalue weighted by atomic mass is 9.91. The normalized spacial score (nSPS) is 27.5. The summed E-state index contributed by atoms with van der Waals surface area (Å²) in [5.41, 5.74) is 2.27. The highest BCUT2D eigenvalue weighted by Crippen LogP contribution is 2.32. The minimum Gasteiger partial charge on any atom is -0.379 e. The topological polar surface area (TPSA) is 63.3 Å². The van der Waals surface area contributed by atoms with E-state index in [1.807, 2.05) is 24.4 Å². The van der Waals surface area contributed by atoms with E-state index < -0.39 is 0 Å². The molecule has 2 saturated heterocycles. The van der Waals surface area contributed by atoms with Crippen molar-refractivity contribution in [3.63, 3.8) is 0 Å². The van der Waals surface area contributed by atoms with Crippen LogP contribution in [0.1, 0.15) is 30.7 Å². The maximum Gasteiger partial charge on any atom is 0.249 e. The number of carbonyl (C=O) groups is 1. The SMILES string of the molecule is O=C(N[C@H]1COC[C@@H](c2c[nH]c3ccc(Cl)cc23)C1)[C@@H]1CCCO1. The second-order valence-corrected chi connectivity index (χ2v) is 7.05. The van der Waals surface area contributed by atoms with E-state index in [2.05, 4.69) is 10.3 Å². The van der Waals surface area contributed by atoms with Gasteiger partial charge in [0, 0.05) is 34.6 Å². The molecule has 128 valence electrons. The van der Waals surface area contributed by atoms with E-state index in [4.69, 9.17) is 21.1 Å². The molecule has 1 amide bonds. The second kappa shape index (κ2) is 6.75. The van der Waals surface area contributed by atoms with Crippen LogP contribution in [0.4, 0.5) is 0 Å². The van der Waals surface area contributed by atoms with Gasteiger partial charge in [-0.05, 0) is 43.0 Å². The molecule has 2 aromatic rings. The van der Waals surface area contributed by atoms with Crippen molar-refractivity contribution in [2.75, 3.05) is 19.8 Å². The van der Waals surface area contributed by atoms with E-state index in [9.17, 15) is 4.79 Å². The van der Waals surface area contributed by atoms with Crippen LogP contribution >= 0.6 is 11.6 Å². The van der Waals surface area contributed by atoms with Crippen molar-refractivity contribution in [3.8, 4) is 0 Å². The van der Waals surface area contributed by atoms with Crippen molar-refractivity contribution in [1.29, 1.82) is 0 Å². The van der Waals surface area contributed by atoms with E-state index in [-0.39, 0.29) is 24.0 Å². The zero-order valence-corrected chi connectivity index (χ0v) is 14.1. The Hall–Kier alpha value is -1.56. The molecule has 2 aliphatic rings. The maximum atomic E-state index is 12.2. The number of aromatic amines is 1. The molecule has 2 aliphatic heterocycles. The van der Waals surface area contributed by atoms with Crippen molar-refractivity contribution < 1.29 is 14.3 Å². The van der Waals surface area contributed by atoms with Crippen molar-refractivity contribution in [3.05, 3.63) is 35.0 Å². The van der Waals surface area contributed by atoms with Gasteiger partial charge in [0.05, 0.1) is 19.3 Å². The summed E-state index contributed by atoms with van der Waals surface area (Å²) < 4.78 is 11.2. The molecule has 0 saturated carbocycles. The molecular formula is C18H21ClN2O3. The van der Waals surface area contributed by atoms with Crippen LogP contribution < -0.4 is 5.32 Å². The van der Waals surface area contributed by atoms with E-state index >= 15 is 0 Å². The minimum absolute atomic E-state index is 0.0104. The number of rotatable bonds is 3. The predicted octanol–water partition coefficient (Wildman–Crippen LogP) is 2.99. The van der Waals surface area contributed by atoms with Gasteiger partial charge >= 0.3 is 0 Å². The molecule has 1 aromatic carbocycles. The van der Waals surface area contributed by atoms with Gasteiger partial charge in [-0.3, -0.25) is 4.79 Å². The molecule has 3 heterocycles. The van der Waals surface area contributed by atoms with Crippen LogP contribution in [0.2, 0.25) is 5.02 Å². The number of aromatic nitrogens is 1. The van der Waals surface area contributed by atoms with Gasteiger partial charge in [-0.25, -0.2) is 0 Å². The van der Waals surface area contributed by atoms with Crippen LogP contribution in [0.5, 0.6) is 0 Å². The molecule has 2 fully saturated rings. The summed E-state index contributed by atoms with van der Waals surface area (Å²) in [7, 11) is 0. The Labute approximate surface area is 145 Å². The molecule has 0 unspecified atom stereocenters. The molecule has 24 heavy (non-hydrogen) atoms. The number of nitrogens with one attached hydrogen (secondary N) is 2. The van der Waals surface area contributed by atoms with E-state index in [0.29, 0.717) is 19.8 Å². The Balaban J connectivity index is 1.47. The van der Waals surface area contributed by atoms with Gasteiger partial charge < -0.3 is 19.8 Å². The van der Waals surface area contributed by atoms with Gasteiger partial charge in [0.1, 0.15) is 6.10 Å². The number of hydrogen-bond acceptors (Lipinski definition) is 3. The fourth-order valence-corrected chi connectivity index (χ4v) is 3.85. The van der Waals surface area contributed by atoms with Crippen molar-refractivity contribution in [2.24, 2.45) is 0 Å². The number of H-pyrrole nitrogens is 1. The maximum absolute atomic E-state index is 12.2. The first kappa shape index (κ1) is 15.9. The molecule has 1 aromatic heterocycles. The van der Waals surface area contributed by atoms with Gasteiger partial charge in [-0.15, -0.1) is 0 Å². The standard InChI is InChI=1S/C18H21ClN2O3/c19-12-3-4-16-14(7-12)15(8-20-16)11-6-13(10-23-9-11)21-18(22)17-2-1-5-24-17/h3-4,7-8,11,13,17,20H,1-2,5-6,9-10H2,(H,21,22)/t11-,13+,17-/m0/s1. The fourth-order valence-electron chi connectivity index (χ4n) is 3.68. The van der Waals surface area contributed by atoms with Crippen molar-refractivity contribution in [1.82, 2.24) is 10.3 Å². The fraction of sp³-hybridized carbons (Fsp3) is 0.500. The first-order chi connectivity index (χ1) is 11.7. The summed E-state index contributed by atoms with van der Waals surface area (Å²) in [6.45, 7) is 1.89. The Morgan fingerprint density at radius 3 is 3.08 bits per heavy atom. The third-order valence-electron chi connectivity index (χ3n) is 4.89. The van der Waals surface area contributed by atoms with Crippen LogP contribution in [0.25, 0.3) is 10.9 Å². The summed E-state index contributed by atoms with van der Waals surface area (Å²) >= 11 is 6.14. The Morgan fingerprint density at radius 1 is 1.33 bits per heavy atom. The number of hydrogen-bond donors (Lipinski definition) is 2. The van der Waals surface area contributed by atoms with Crippen molar-refractivity contribution in [2.45, 2.75) is 37.3 Å². The van der Waals surface area contributed by atoms with E-state index in [1.54, 1.807) is 0 Å². The molecule has 3 atom stereocenters. The number of fused-ring (bicyclic) bond motifs is 1. The molecule has 0 radical (unpaired) electrons. The number of amides is 1. The first-order valence-corrected chi connectivity index (χ1v) is 8.85. The van der Waals surface area contributed by atoms with E-state index in [0.717, 1.165) is 35.2 Å².